The fourth-order valence-corrected chi connectivity index (χ4v) is 4.19. The van der Waals surface area contributed by atoms with Crippen LogP contribution in [-0.2, 0) is 13.2 Å². The molecule has 2 heteroatoms. The summed E-state index contributed by atoms with van der Waals surface area (Å²) in [6.07, 6.45) is 1.10. The quantitative estimate of drug-likeness (QED) is 0.468. The van der Waals surface area contributed by atoms with Crippen molar-refractivity contribution in [1.29, 1.82) is 0 Å². The van der Waals surface area contributed by atoms with E-state index in [-0.39, 0.29) is 11.0 Å². The fraction of sp³-hybridized carbons (Fsp3) is 0.407. The lowest BCUT2D eigenvalue weighted by atomic mass is 9.81. The standard InChI is InChI=1S/C27H35NO/c1-20-11-13-21(14-12-20)18-29-25-16-15-22-9-7-8-10-23(22)24(25)17-28-27(5,6)19-26(2,3)4/h7-16,28H,17-19H2,1-6H3. The lowest BCUT2D eigenvalue weighted by Gasteiger charge is -2.34. The maximum absolute atomic E-state index is 6.30. The zero-order valence-electron chi connectivity index (χ0n) is 18.8. The van der Waals surface area contributed by atoms with Gasteiger partial charge in [0.05, 0.1) is 0 Å². The van der Waals surface area contributed by atoms with Gasteiger partial charge in [-0.3, -0.25) is 0 Å². The summed E-state index contributed by atoms with van der Waals surface area (Å²) in [6, 6.07) is 21.4. The molecule has 3 aromatic rings. The molecule has 3 aromatic carbocycles. The molecule has 0 fully saturated rings. The highest BCUT2D eigenvalue weighted by Crippen LogP contribution is 2.31. The van der Waals surface area contributed by atoms with Gasteiger partial charge in [0.1, 0.15) is 12.4 Å². The smallest absolute Gasteiger partial charge is 0.124 e. The third-order valence-corrected chi connectivity index (χ3v) is 5.23. The van der Waals surface area contributed by atoms with Crippen LogP contribution in [0, 0.1) is 12.3 Å². The molecule has 0 aliphatic heterocycles. The molecule has 0 atom stereocenters. The Labute approximate surface area is 176 Å². The van der Waals surface area contributed by atoms with Crippen LogP contribution in [-0.4, -0.2) is 5.54 Å². The number of nitrogens with one attached hydrogen (secondary N) is 1. The SMILES string of the molecule is Cc1ccc(COc2ccc3ccccc3c2CNC(C)(C)CC(C)(C)C)cc1. The van der Waals surface area contributed by atoms with Gasteiger partial charge in [-0.1, -0.05) is 80.9 Å². The van der Waals surface area contributed by atoms with Gasteiger partial charge in [0.25, 0.3) is 0 Å². The van der Waals surface area contributed by atoms with Crippen molar-refractivity contribution in [1.82, 2.24) is 5.32 Å². The van der Waals surface area contributed by atoms with Crippen molar-refractivity contribution in [2.24, 2.45) is 5.41 Å². The van der Waals surface area contributed by atoms with E-state index in [1.165, 1.54) is 27.5 Å². The summed E-state index contributed by atoms with van der Waals surface area (Å²) in [7, 11) is 0. The van der Waals surface area contributed by atoms with Crippen LogP contribution in [0.2, 0.25) is 0 Å². The van der Waals surface area contributed by atoms with Gasteiger partial charge in [-0.05, 0) is 55.0 Å². The molecule has 0 bridgehead atoms. The van der Waals surface area contributed by atoms with Crippen LogP contribution < -0.4 is 10.1 Å². The maximum atomic E-state index is 6.30. The van der Waals surface area contributed by atoms with Crippen molar-refractivity contribution in [3.05, 3.63) is 77.4 Å². The summed E-state index contributed by atoms with van der Waals surface area (Å²) in [5, 5.41) is 6.30. The monoisotopic (exact) mass is 389 g/mol. The molecule has 3 rings (SSSR count). The van der Waals surface area contributed by atoms with E-state index in [9.17, 15) is 0 Å². The Hall–Kier alpha value is -2.32. The summed E-state index contributed by atoms with van der Waals surface area (Å²) < 4.78 is 6.30. The van der Waals surface area contributed by atoms with Crippen molar-refractivity contribution < 1.29 is 4.74 Å². The van der Waals surface area contributed by atoms with Crippen LogP contribution in [0.3, 0.4) is 0 Å². The lowest BCUT2D eigenvalue weighted by Crippen LogP contribution is -2.41. The summed E-state index contributed by atoms with van der Waals surface area (Å²) >= 11 is 0. The lowest BCUT2D eigenvalue weighted by molar-refractivity contribution is 0.239. The first-order valence-corrected chi connectivity index (χ1v) is 10.6. The molecule has 0 amide bonds. The van der Waals surface area contributed by atoms with Crippen molar-refractivity contribution in [3.8, 4) is 5.75 Å². The first-order chi connectivity index (χ1) is 13.6. The fourth-order valence-electron chi connectivity index (χ4n) is 4.19. The van der Waals surface area contributed by atoms with Crippen molar-refractivity contribution >= 4 is 10.8 Å². The third kappa shape index (κ3) is 6.08. The van der Waals surface area contributed by atoms with Crippen molar-refractivity contribution in [2.45, 2.75) is 66.7 Å². The predicted octanol–water partition coefficient (Wildman–Crippen LogP) is 7.03. The molecule has 0 aliphatic carbocycles. The van der Waals surface area contributed by atoms with Crippen LogP contribution in [0.5, 0.6) is 5.75 Å². The van der Waals surface area contributed by atoms with Crippen LogP contribution in [0.15, 0.2) is 60.7 Å². The number of hydrogen-bond acceptors (Lipinski definition) is 2. The topological polar surface area (TPSA) is 21.3 Å². The molecule has 154 valence electrons. The molecule has 0 aliphatic rings. The maximum Gasteiger partial charge on any atom is 0.124 e. The second kappa shape index (κ2) is 8.59. The molecule has 2 nitrogen and oxygen atoms in total. The molecule has 0 aromatic heterocycles. The van der Waals surface area contributed by atoms with Crippen molar-refractivity contribution in [3.63, 3.8) is 0 Å². The molecule has 0 radical (unpaired) electrons. The van der Waals surface area contributed by atoms with Gasteiger partial charge in [0.15, 0.2) is 0 Å². The molecular formula is C27H35NO. The first-order valence-electron chi connectivity index (χ1n) is 10.6. The van der Waals surface area contributed by atoms with Gasteiger partial charge in [-0.2, -0.15) is 0 Å². The van der Waals surface area contributed by atoms with Crippen molar-refractivity contribution in [2.75, 3.05) is 0 Å². The van der Waals surface area contributed by atoms with Gasteiger partial charge >= 0.3 is 0 Å². The molecular weight excluding hydrogens is 354 g/mol. The highest BCUT2D eigenvalue weighted by Gasteiger charge is 2.25. The molecule has 29 heavy (non-hydrogen) atoms. The van der Waals surface area contributed by atoms with Crippen LogP contribution in [0.4, 0.5) is 0 Å². The number of ether oxygens (including phenoxy) is 1. The highest BCUT2D eigenvalue weighted by atomic mass is 16.5. The normalized spacial score (nSPS) is 12.3. The van der Waals surface area contributed by atoms with E-state index in [1.807, 2.05) is 0 Å². The zero-order chi connectivity index (χ0) is 21.1. The van der Waals surface area contributed by atoms with E-state index in [4.69, 9.17) is 4.74 Å². The van der Waals surface area contributed by atoms with Crippen LogP contribution in [0.25, 0.3) is 10.8 Å². The minimum atomic E-state index is 0.0451. The summed E-state index contributed by atoms with van der Waals surface area (Å²) in [5.41, 5.74) is 4.02. The van der Waals surface area contributed by atoms with Gasteiger partial charge in [0, 0.05) is 17.6 Å². The van der Waals surface area contributed by atoms with Gasteiger partial charge < -0.3 is 10.1 Å². The predicted molar refractivity (Wildman–Crippen MR) is 124 cm³/mol. The Balaban J connectivity index is 1.84. The number of rotatable bonds is 7. The Morgan fingerprint density at radius 3 is 2.21 bits per heavy atom. The molecule has 0 unspecified atom stereocenters. The molecule has 0 heterocycles. The average Bonchev–Trinajstić information content (AvgIpc) is 2.64. The number of benzene rings is 3. The minimum absolute atomic E-state index is 0.0451. The summed E-state index contributed by atoms with van der Waals surface area (Å²) in [6.45, 7) is 14.9. The van der Waals surface area contributed by atoms with Crippen LogP contribution in [0.1, 0.15) is 57.7 Å². The number of hydrogen-bond donors (Lipinski definition) is 1. The zero-order valence-corrected chi connectivity index (χ0v) is 18.8. The average molecular weight is 390 g/mol. The Morgan fingerprint density at radius 2 is 1.52 bits per heavy atom. The van der Waals surface area contributed by atoms with Gasteiger partial charge in [0.2, 0.25) is 0 Å². The Bertz CT molecular complexity index is 948. The number of fused-ring (bicyclic) bond motifs is 1. The molecule has 0 spiro atoms. The van der Waals surface area contributed by atoms with Crippen LogP contribution >= 0.6 is 0 Å². The van der Waals surface area contributed by atoms with E-state index in [0.29, 0.717) is 6.61 Å². The second-order valence-electron chi connectivity index (χ2n) is 10.0. The second-order valence-corrected chi connectivity index (χ2v) is 10.0. The third-order valence-electron chi connectivity index (χ3n) is 5.23. The van der Waals surface area contributed by atoms with Gasteiger partial charge in [-0.25, -0.2) is 0 Å². The van der Waals surface area contributed by atoms with E-state index in [1.54, 1.807) is 0 Å². The van der Waals surface area contributed by atoms with E-state index < -0.39 is 0 Å². The highest BCUT2D eigenvalue weighted by molar-refractivity contribution is 5.87. The van der Waals surface area contributed by atoms with E-state index >= 15 is 0 Å². The van der Waals surface area contributed by atoms with Gasteiger partial charge in [-0.15, -0.1) is 0 Å². The Kier molecular flexibility index (Phi) is 6.33. The first kappa shape index (κ1) is 21.4. The molecule has 0 saturated carbocycles. The summed E-state index contributed by atoms with van der Waals surface area (Å²) in [5.74, 6) is 0.961. The summed E-state index contributed by atoms with van der Waals surface area (Å²) in [4.78, 5) is 0. The van der Waals surface area contributed by atoms with E-state index in [0.717, 1.165) is 18.7 Å². The Morgan fingerprint density at radius 1 is 0.828 bits per heavy atom. The molecule has 1 N–H and O–H groups in total. The minimum Gasteiger partial charge on any atom is -0.489 e. The largest absolute Gasteiger partial charge is 0.489 e. The van der Waals surface area contributed by atoms with E-state index in [2.05, 4.69) is 108 Å². The molecule has 0 saturated heterocycles. The number of aryl methyl sites for hydroxylation is 1.